The van der Waals surface area contributed by atoms with Gasteiger partial charge in [0.15, 0.2) is 0 Å². The Morgan fingerprint density at radius 3 is 2.44 bits per heavy atom. The Labute approximate surface area is 197 Å². The van der Waals surface area contributed by atoms with E-state index in [1.165, 1.54) is 0 Å². The molecule has 0 saturated heterocycles. The molecular weight excluding hydrogens is 430 g/mol. The molecule has 0 fully saturated rings. The van der Waals surface area contributed by atoms with E-state index in [0.29, 0.717) is 17.1 Å². The lowest BCUT2D eigenvalue weighted by molar-refractivity contribution is 0.0950. The third-order valence-corrected chi connectivity index (χ3v) is 5.88. The van der Waals surface area contributed by atoms with E-state index in [4.69, 9.17) is 0 Å². The van der Waals surface area contributed by atoms with Gasteiger partial charge in [0.25, 0.3) is 11.5 Å². The van der Waals surface area contributed by atoms with Crippen molar-refractivity contribution in [2.24, 2.45) is 7.05 Å². The number of aryl methyl sites for hydroxylation is 3. The molecule has 1 aromatic carbocycles. The first-order chi connectivity index (χ1) is 16.3. The fourth-order valence-electron chi connectivity index (χ4n) is 3.99. The van der Waals surface area contributed by atoms with Crippen LogP contribution in [-0.2, 0) is 13.6 Å². The lowest BCUT2D eigenvalue weighted by atomic mass is 9.94. The molecule has 0 unspecified atom stereocenters. The number of aromatic amines is 1. The number of H-pyrrole nitrogens is 1. The zero-order chi connectivity index (χ0) is 24.4. The van der Waals surface area contributed by atoms with Gasteiger partial charge in [0.1, 0.15) is 0 Å². The molecule has 4 rings (SSSR count). The van der Waals surface area contributed by atoms with Crippen LogP contribution >= 0.6 is 0 Å². The van der Waals surface area contributed by atoms with Crippen molar-refractivity contribution in [2.75, 3.05) is 12.4 Å². The monoisotopic (exact) mass is 457 g/mol. The molecule has 0 atom stereocenters. The highest BCUT2D eigenvalue weighted by molar-refractivity contribution is 5.99. The van der Waals surface area contributed by atoms with Gasteiger partial charge < -0.3 is 15.6 Å². The van der Waals surface area contributed by atoms with Gasteiger partial charge in [-0.05, 0) is 61.7 Å². The van der Waals surface area contributed by atoms with Crippen LogP contribution in [0.15, 0.2) is 47.7 Å². The van der Waals surface area contributed by atoms with Crippen LogP contribution in [0.4, 0.5) is 5.95 Å². The quantitative estimate of drug-likeness (QED) is 0.409. The summed E-state index contributed by atoms with van der Waals surface area (Å²) in [6, 6.07) is 7.64. The van der Waals surface area contributed by atoms with Crippen molar-refractivity contribution in [2.45, 2.75) is 27.3 Å². The van der Waals surface area contributed by atoms with Gasteiger partial charge in [-0.25, -0.2) is 9.97 Å². The van der Waals surface area contributed by atoms with E-state index in [1.54, 1.807) is 30.3 Å². The van der Waals surface area contributed by atoms with Gasteiger partial charge in [-0.3, -0.25) is 14.3 Å². The zero-order valence-corrected chi connectivity index (χ0v) is 19.9. The second-order valence-electron chi connectivity index (χ2n) is 8.21. The second-order valence-corrected chi connectivity index (χ2v) is 8.21. The Hall–Kier alpha value is -4.27. The van der Waals surface area contributed by atoms with Gasteiger partial charge in [0, 0.05) is 67.2 Å². The number of anilines is 1. The van der Waals surface area contributed by atoms with Crippen LogP contribution in [0.25, 0.3) is 22.4 Å². The number of nitrogens with zero attached hydrogens (tertiary/aromatic N) is 4. The Bertz CT molecular complexity index is 1420. The number of nitrogens with one attached hydrogen (secondary N) is 3. The topological polar surface area (TPSA) is 118 Å². The number of carbonyl (C=O) groups excluding carboxylic acids is 1. The molecule has 9 nitrogen and oxygen atoms in total. The minimum absolute atomic E-state index is 0.130. The molecule has 0 aliphatic rings. The first-order valence-corrected chi connectivity index (χ1v) is 10.9. The van der Waals surface area contributed by atoms with E-state index < -0.39 is 0 Å². The highest BCUT2D eigenvalue weighted by atomic mass is 16.1. The summed E-state index contributed by atoms with van der Waals surface area (Å²) in [6.07, 6.45) is 5.15. The largest absolute Gasteiger partial charge is 0.357 e. The molecule has 0 spiro atoms. The van der Waals surface area contributed by atoms with Crippen molar-refractivity contribution in [3.63, 3.8) is 0 Å². The van der Waals surface area contributed by atoms with Crippen LogP contribution in [0.3, 0.4) is 0 Å². The molecule has 3 heterocycles. The van der Waals surface area contributed by atoms with E-state index in [0.717, 1.165) is 39.2 Å². The van der Waals surface area contributed by atoms with Gasteiger partial charge in [0.2, 0.25) is 5.95 Å². The number of amides is 1. The maximum absolute atomic E-state index is 13.3. The van der Waals surface area contributed by atoms with E-state index >= 15 is 0 Å². The molecule has 1 amide bonds. The first kappa shape index (κ1) is 22.9. The molecule has 0 radical (unpaired) electrons. The maximum atomic E-state index is 13.3. The van der Waals surface area contributed by atoms with Gasteiger partial charge >= 0.3 is 0 Å². The number of benzene rings is 1. The smallest absolute Gasteiger partial charge is 0.253 e. The molecule has 0 aliphatic heterocycles. The predicted octanol–water partition coefficient (Wildman–Crippen LogP) is 3.13. The van der Waals surface area contributed by atoms with E-state index in [-0.39, 0.29) is 18.0 Å². The van der Waals surface area contributed by atoms with Gasteiger partial charge in [-0.1, -0.05) is 0 Å². The van der Waals surface area contributed by atoms with Crippen LogP contribution < -0.4 is 16.2 Å². The molecule has 3 N–H and O–H groups in total. The van der Waals surface area contributed by atoms with Crippen LogP contribution in [-0.4, -0.2) is 37.7 Å². The van der Waals surface area contributed by atoms with Gasteiger partial charge in [-0.15, -0.1) is 0 Å². The average Bonchev–Trinajstić information content (AvgIpc) is 3.24. The molecule has 0 saturated carbocycles. The molecule has 3 aromatic heterocycles. The van der Waals surface area contributed by atoms with Crippen molar-refractivity contribution in [1.82, 2.24) is 30.0 Å². The third-order valence-electron chi connectivity index (χ3n) is 5.88. The van der Waals surface area contributed by atoms with Crippen molar-refractivity contribution in [1.29, 1.82) is 0 Å². The average molecular weight is 458 g/mol. The highest BCUT2D eigenvalue weighted by Gasteiger charge is 2.18. The maximum Gasteiger partial charge on any atom is 0.253 e. The number of rotatable bonds is 6. The Morgan fingerprint density at radius 2 is 1.82 bits per heavy atom. The van der Waals surface area contributed by atoms with E-state index in [2.05, 4.69) is 30.7 Å². The van der Waals surface area contributed by atoms with Crippen LogP contribution in [0.1, 0.15) is 32.7 Å². The molecule has 9 heteroatoms. The summed E-state index contributed by atoms with van der Waals surface area (Å²) in [5.74, 6) is 0.245. The van der Waals surface area contributed by atoms with Crippen molar-refractivity contribution < 1.29 is 4.79 Å². The molecule has 4 aromatic rings. The first-order valence-electron chi connectivity index (χ1n) is 10.9. The zero-order valence-electron chi connectivity index (χ0n) is 19.9. The molecular formula is C25H27N7O2. The normalized spacial score (nSPS) is 10.9. The SMILES string of the molecule is CNc1ncc(-c2cc(C(=O)NCc3c(C)cc(C)[nH]c3=O)c(C)c(-c3ccnn3C)c2)cn1. The lowest BCUT2D eigenvalue weighted by Gasteiger charge is -2.15. The van der Waals surface area contributed by atoms with E-state index in [1.807, 2.05) is 52.1 Å². The van der Waals surface area contributed by atoms with Crippen LogP contribution in [0.5, 0.6) is 0 Å². The summed E-state index contributed by atoms with van der Waals surface area (Å²) in [7, 11) is 3.61. The van der Waals surface area contributed by atoms with Crippen LogP contribution in [0.2, 0.25) is 0 Å². The number of carbonyl (C=O) groups is 1. The Morgan fingerprint density at radius 1 is 1.09 bits per heavy atom. The van der Waals surface area contributed by atoms with Gasteiger partial charge in [0.05, 0.1) is 5.69 Å². The van der Waals surface area contributed by atoms with Crippen molar-refractivity contribution in [3.05, 3.63) is 81.2 Å². The summed E-state index contributed by atoms with van der Waals surface area (Å²) in [6.45, 7) is 5.74. The van der Waals surface area contributed by atoms with Gasteiger partial charge in [-0.2, -0.15) is 5.10 Å². The minimum atomic E-state index is -0.269. The van der Waals surface area contributed by atoms with Crippen molar-refractivity contribution >= 4 is 11.9 Å². The lowest BCUT2D eigenvalue weighted by Crippen LogP contribution is -2.28. The number of hydrogen-bond acceptors (Lipinski definition) is 6. The van der Waals surface area contributed by atoms with Crippen molar-refractivity contribution in [3.8, 4) is 22.4 Å². The Balaban J connectivity index is 1.75. The highest BCUT2D eigenvalue weighted by Crippen LogP contribution is 2.31. The second kappa shape index (κ2) is 9.30. The summed E-state index contributed by atoms with van der Waals surface area (Å²) in [5.41, 5.74) is 6.63. The minimum Gasteiger partial charge on any atom is -0.357 e. The summed E-state index contributed by atoms with van der Waals surface area (Å²) < 4.78 is 1.77. The summed E-state index contributed by atoms with van der Waals surface area (Å²) in [4.78, 5) is 37.1. The molecule has 34 heavy (non-hydrogen) atoms. The number of pyridine rings is 1. The summed E-state index contributed by atoms with van der Waals surface area (Å²) in [5, 5.41) is 10.1. The Kier molecular flexibility index (Phi) is 6.27. The molecule has 0 bridgehead atoms. The summed E-state index contributed by atoms with van der Waals surface area (Å²) >= 11 is 0. The number of aromatic nitrogens is 5. The fourth-order valence-corrected chi connectivity index (χ4v) is 3.99. The van der Waals surface area contributed by atoms with E-state index in [9.17, 15) is 9.59 Å². The fraction of sp³-hybridized carbons (Fsp3) is 0.240. The van der Waals surface area contributed by atoms with Crippen LogP contribution in [0, 0.1) is 20.8 Å². The third kappa shape index (κ3) is 4.45. The predicted molar refractivity (Wildman–Crippen MR) is 132 cm³/mol. The molecule has 174 valence electrons. The number of hydrogen-bond donors (Lipinski definition) is 3. The standard InChI is InChI=1S/C25H27N7O2/c1-14-8-15(2)31-24(34)21(14)13-27-23(33)20-10-17(18-11-28-25(26-4)29-12-18)9-19(16(20)3)22-6-7-30-32(22)5/h6-12H,13H2,1-5H3,(H,27,33)(H,31,34)(H,26,28,29). The molecule has 0 aliphatic carbocycles.